The van der Waals surface area contributed by atoms with E-state index in [1.165, 1.54) is 17.0 Å². The molecule has 1 aliphatic carbocycles. The van der Waals surface area contributed by atoms with E-state index in [1.807, 2.05) is 24.3 Å². The molecule has 1 heterocycles. The van der Waals surface area contributed by atoms with Crippen LogP contribution in [0.2, 0.25) is 0 Å². The average molecular weight is 494 g/mol. The Labute approximate surface area is 224 Å². The summed E-state index contributed by atoms with van der Waals surface area (Å²) in [5, 5.41) is 9.12. The van der Waals surface area contributed by atoms with Gasteiger partial charge in [-0.25, -0.2) is 0 Å². The SMILES string of the molecule is C=C(c1ccc(C#N)cc1)C(C=CCCC(C)C1=C(N(C)c2cc(C)nc(C)c2)CCC=C1)[C@H](C)CC. The lowest BCUT2D eigenvalue weighted by Crippen LogP contribution is -2.22. The molecular weight excluding hydrogens is 450 g/mol. The van der Waals surface area contributed by atoms with Gasteiger partial charge in [-0.3, -0.25) is 4.98 Å². The minimum absolute atomic E-state index is 0.293. The normalized spacial score (nSPS) is 15.9. The fourth-order valence-corrected chi connectivity index (χ4v) is 5.24. The molecule has 0 bridgehead atoms. The van der Waals surface area contributed by atoms with Gasteiger partial charge in [-0.2, -0.15) is 5.26 Å². The van der Waals surface area contributed by atoms with Gasteiger partial charge in [-0.05, 0) is 92.3 Å². The predicted molar refractivity (Wildman–Crippen MR) is 158 cm³/mol. The monoisotopic (exact) mass is 493 g/mol. The maximum Gasteiger partial charge on any atom is 0.0991 e. The summed E-state index contributed by atoms with van der Waals surface area (Å²) in [7, 11) is 2.20. The van der Waals surface area contributed by atoms with Crippen molar-refractivity contribution in [2.45, 2.75) is 66.7 Å². The second-order valence-corrected chi connectivity index (χ2v) is 10.5. The van der Waals surface area contributed by atoms with Crippen molar-refractivity contribution in [3.8, 4) is 6.07 Å². The Balaban J connectivity index is 1.71. The Bertz CT molecular complexity index is 1190. The standard InChI is InChI=1S/C34H43N3/c1-8-24(2)32(28(6)30-19-17-29(23-35)18-20-30)14-10-9-13-25(3)33-15-11-12-16-34(33)37(7)31-21-26(4)36-27(5)22-31/h10-11,14-15,17-22,24-25,32H,6,8-9,12-13,16H2,1-5,7H3/t24-,25?,32?/m1/s1. The number of rotatable bonds is 11. The number of aryl methyl sites for hydroxylation is 2. The van der Waals surface area contributed by atoms with E-state index >= 15 is 0 Å². The number of anilines is 1. The molecule has 3 atom stereocenters. The van der Waals surface area contributed by atoms with Gasteiger partial charge in [0.1, 0.15) is 0 Å². The van der Waals surface area contributed by atoms with Crippen LogP contribution in [0.1, 0.15) is 75.4 Å². The van der Waals surface area contributed by atoms with Crippen molar-refractivity contribution in [3.05, 3.63) is 101 Å². The molecule has 0 amide bonds. The largest absolute Gasteiger partial charge is 0.348 e. The molecule has 37 heavy (non-hydrogen) atoms. The van der Waals surface area contributed by atoms with E-state index in [0.29, 0.717) is 23.3 Å². The molecule has 1 aliphatic rings. The summed E-state index contributed by atoms with van der Waals surface area (Å²) in [5.41, 5.74) is 9.16. The third-order valence-electron chi connectivity index (χ3n) is 7.72. The first-order valence-electron chi connectivity index (χ1n) is 13.7. The number of benzene rings is 1. The second kappa shape index (κ2) is 13.2. The summed E-state index contributed by atoms with van der Waals surface area (Å²) in [6, 6.07) is 14.4. The van der Waals surface area contributed by atoms with E-state index in [2.05, 4.69) is 101 Å². The molecule has 0 saturated carbocycles. The lowest BCUT2D eigenvalue weighted by molar-refractivity contribution is 0.492. The fraction of sp³-hybridized carbons (Fsp3) is 0.412. The van der Waals surface area contributed by atoms with Crippen LogP contribution < -0.4 is 4.90 Å². The third kappa shape index (κ3) is 7.32. The van der Waals surface area contributed by atoms with Crippen molar-refractivity contribution in [2.24, 2.45) is 17.8 Å². The van der Waals surface area contributed by atoms with Crippen molar-refractivity contribution in [1.82, 2.24) is 4.98 Å². The van der Waals surface area contributed by atoms with Gasteiger partial charge in [0, 0.05) is 35.7 Å². The van der Waals surface area contributed by atoms with Gasteiger partial charge < -0.3 is 4.90 Å². The van der Waals surface area contributed by atoms with Crippen molar-refractivity contribution in [1.29, 1.82) is 5.26 Å². The Morgan fingerprint density at radius 3 is 2.46 bits per heavy atom. The highest BCUT2D eigenvalue weighted by Gasteiger charge is 2.20. The minimum Gasteiger partial charge on any atom is -0.348 e. The Kier molecular flexibility index (Phi) is 10.1. The van der Waals surface area contributed by atoms with E-state index in [1.54, 1.807) is 0 Å². The van der Waals surface area contributed by atoms with E-state index in [0.717, 1.165) is 54.6 Å². The highest BCUT2D eigenvalue weighted by molar-refractivity contribution is 5.67. The summed E-state index contributed by atoms with van der Waals surface area (Å²) in [4.78, 5) is 6.92. The molecular formula is C34H43N3. The van der Waals surface area contributed by atoms with Gasteiger partial charge in [0.15, 0.2) is 0 Å². The van der Waals surface area contributed by atoms with E-state index < -0.39 is 0 Å². The maximum absolute atomic E-state index is 9.12. The van der Waals surface area contributed by atoms with Crippen LogP contribution in [0.3, 0.4) is 0 Å². The van der Waals surface area contributed by atoms with Gasteiger partial charge in [0.05, 0.1) is 11.6 Å². The fourth-order valence-electron chi connectivity index (χ4n) is 5.24. The summed E-state index contributed by atoms with van der Waals surface area (Å²) < 4.78 is 0. The number of aromatic nitrogens is 1. The molecule has 0 spiro atoms. The predicted octanol–water partition coefficient (Wildman–Crippen LogP) is 8.96. The maximum atomic E-state index is 9.12. The van der Waals surface area contributed by atoms with Crippen LogP contribution in [0.4, 0.5) is 5.69 Å². The summed E-state index contributed by atoms with van der Waals surface area (Å²) in [5.74, 6) is 1.28. The zero-order valence-electron chi connectivity index (χ0n) is 23.6. The van der Waals surface area contributed by atoms with Crippen molar-refractivity contribution in [2.75, 3.05) is 11.9 Å². The number of pyridine rings is 1. The molecule has 0 radical (unpaired) electrons. The molecule has 1 aromatic carbocycles. The third-order valence-corrected chi connectivity index (χ3v) is 7.72. The van der Waals surface area contributed by atoms with Gasteiger partial charge in [-0.15, -0.1) is 0 Å². The average Bonchev–Trinajstić information content (AvgIpc) is 2.91. The van der Waals surface area contributed by atoms with Crippen LogP contribution in [0.25, 0.3) is 5.57 Å². The van der Waals surface area contributed by atoms with Crippen molar-refractivity contribution < 1.29 is 0 Å². The van der Waals surface area contributed by atoms with Crippen LogP contribution in [0.5, 0.6) is 0 Å². The first kappa shape index (κ1) is 28.2. The Morgan fingerprint density at radius 1 is 1.16 bits per heavy atom. The zero-order valence-corrected chi connectivity index (χ0v) is 23.6. The quantitative estimate of drug-likeness (QED) is 0.293. The van der Waals surface area contributed by atoms with E-state index in [-0.39, 0.29) is 0 Å². The van der Waals surface area contributed by atoms with Crippen LogP contribution in [-0.4, -0.2) is 12.0 Å². The molecule has 3 nitrogen and oxygen atoms in total. The van der Waals surface area contributed by atoms with E-state index in [4.69, 9.17) is 5.26 Å². The first-order chi connectivity index (χ1) is 17.7. The summed E-state index contributed by atoms with van der Waals surface area (Å²) in [6.07, 6.45) is 14.8. The number of nitrogens with zero attached hydrogens (tertiary/aromatic N) is 3. The Hall–Kier alpha value is -3.38. The highest BCUT2D eigenvalue weighted by Crippen LogP contribution is 2.34. The van der Waals surface area contributed by atoms with Crippen molar-refractivity contribution in [3.63, 3.8) is 0 Å². The summed E-state index contributed by atoms with van der Waals surface area (Å²) >= 11 is 0. The van der Waals surface area contributed by atoms with Gasteiger partial charge in [0.2, 0.25) is 0 Å². The molecule has 1 aromatic heterocycles. The van der Waals surface area contributed by atoms with E-state index in [9.17, 15) is 0 Å². The van der Waals surface area contributed by atoms with Crippen LogP contribution in [0.15, 0.2) is 78.6 Å². The van der Waals surface area contributed by atoms with Crippen LogP contribution >= 0.6 is 0 Å². The Morgan fingerprint density at radius 2 is 1.84 bits per heavy atom. The number of hydrogen-bond acceptors (Lipinski definition) is 3. The molecule has 2 unspecified atom stereocenters. The van der Waals surface area contributed by atoms with Crippen LogP contribution in [-0.2, 0) is 0 Å². The van der Waals surface area contributed by atoms with Crippen LogP contribution in [0, 0.1) is 42.9 Å². The minimum atomic E-state index is 0.293. The van der Waals surface area contributed by atoms with Gasteiger partial charge in [-0.1, -0.05) is 70.2 Å². The molecule has 2 aromatic rings. The van der Waals surface area contributed by atoms with Gasteiger partial charge >= 0.3 is 0 Å². The number of allylic oxidation sites excluding steroid dienone is 7. The number of hydrogen-bond donors (Lipinski definition) is 0. The summed E-state index contributed by atoms with van der Waals surface area (Å²) in [6.45, 7) is 15.5. The van der Waals surface area contributed by atoms with Gasteiger partial charge in [0.25, 0.3) is 0 Å². The number of nitriles is 1. The molecule has 0 fully saturated rings. The molecule has 0 saturated heterocycles. The van der Waals surface area contributed by atoms with Crippen molar-refractivity contribution >= 4 is 11.3 Å². The molecule has 3 rings (SSSR count). The second-order valence-electron chi connectivity index (χ2n) is 10.5. The lowest BCUT2D eigenvalue weighted by Gasteiger charge is -2.30. The molecule has 194 valence electrons. The zero-order chi connectivity index (χ0) is 26.9. The first-order valence-corrected chi connectivity index (χ1v) is 13.7. The molecule has 3 heteroatoms. The molecule has 0 aliphatic heterocycles. The highest BCUT2D eigenvalue weighted by atomic mass is 15.1. The smallest absolute Gasteiger partial charge is 0.0991 e. The molecule has 0 N–H and O–H groups in total. The lowest BCUT2D eigenvalue weighted by atomic mass is 9.82. The topological polar surface area (TPSA) is 39.9 Å².